The number of nitrogens with one attached hydrogen (secondary N) is 1. The number of hydrogen-bond donors (Lipinski definition) is 1. The Bertz CT molecular complexity index is 531. The van der Waals surface area contributed by atoms with E-state index in [9.17, 15) is 0 Å². The van der Waals surface area contributed by atoms with E-state index in [2.05, 4.69) is 27.2 Å². The molecule has 2 fully saturated rings. The molecule has 2 heterocycles. The maximum Gasteiger partial charge on any atom is 0.193 e. The average Bonchev–Trinajstić information content (AvgIpc) is 3.03. The van der Waals surface area contributed by atoms with E-state index >= 15 is 0 Å². The van der Waals surface area contributed by atoms with Crippen molar-refractivity contribution in [3.63, 3.8) is 0 Å². The second-order valence-corrected chi connectivity index (χ2v) is 6.96. The van der Waals surface area contributed by atoms with Gasteiger partial charge in [0.15, 0.2) is 5.96 Å². The van der Waals surface area contributed by atoms with E-state index in [1.165, 1.54) is 19.5 Å². The number of para-hydroxylation sites is 1. The topological polar surface area (TPSA) is 40.1 Å². The highest BCUT2D eigenvalue weighted by molar-refractivity contribution is 14.0. The average molecular weight is 458 g/mol. The Kier molecular flexibility index (Phi) is 8.29. The first kappa shape index (κ1) is 20.3. The second-order valence-electron chi connectivity index (χ2n) is 6.96. The van der Waals surface area contributed by atoms with Crippen molar-refractivity contribution in [3.8, 4) is 5.75 Å². The number of hydrogen-bond acceptors (Lipinski definition) is 3. The molecule has 0 spiro atoms. The van der Waals surface area contributed by atoms with Crippen molar-refractivity contribution >= 4 is 29.9 Å². The van der Waals surface area contributed by atoms with E-state index in [0.29, 0.717) is 6.10 Å². The van der Waals surface area contributed by atoms with Crippen LogP contribution in [-0.4, -0.2) is 68.7 Å². The van der Waals surface area contributed by atoms with E-state index in [4.69, 9.17) is 4.74 Å². The fraction of sp³-hybridized carbons (Fsp3) is 0.632. The van der Waals surface area contributed by atoms with Gasteiger partial charge >= 0.3 is 0 Å². The van der Waals surface area contributed by atoms with Gasteiger partial charge in [0.2, 0.25) is 0 Å². The van der Waals surface area contributed by atoms with Crippen molar-refractivity contribution in [2.75, 3.05) is 46.8 Å². The number of ether oxygens (including phenoxy) is 1. The van der Waals surface area contributed by atoms with Crippen LogP contribution in [0.3, 0.4) is 0 Å². The number of benzene rings is 1. The lowest BCUT2D eigenvalue weighted by Gasteiger charge is -2.34. The van der Waals surface area contributed by atoms with Crippen LogP contribution in [0.5, 0.6) is 5.75 Å². The van der Waals surface area contributed by atoms with Crippen LogP contribution in [0, 0.1) is 5.92 Å². The molecule has 0 radical (unpaired) electrons. The van der Waals surface area contributed by atoms with Crippen molar-refractivity contribution in [1.82, 2.24) is 15.1 Å². The molecule has 0 saturated carbocycles. The molecule has 1 atom stereocenters. The summed E-state index contributed by atoms with van der Waals surface area (Å²) in [6, 6.07) is 10.1. The largest absolute Gasteiger partial charge is 0.490 e. The molecule has 3 rings (SSSR count). The lowest BCUT2D eigenvalue weighted by Crippen LogP contribution is -2.48. The van der Waals surface area contributed by atoms with Gasteiger partial charge in [-0.1, -0.05) is 18.2 Å². The second kappa shape index (κ2) is 10.2. The summed E-state index contributed by atoms with van der Waals surface area (Å²) in [6.07, 6.45) is 3.68. The maximum absolute atomic E-state index is 6.08. The maximum atomic E-state index is 6.08. The molecule has 0 aliphatic carbocycles. The van der Waals surface area contributed by atoms with Gasteiger partial charge in [-0.3, -0.25) is 4.99 Å². The van der Waals surface area contributed by atoms with E-state index in [1.54, 1.807) is 0 Å². The number of nitrogens with zero attached hydrogens (tertiary/aromatic N) is 3. The summed E-state index contributed by atoms with van der Waals surface area (Å²) in [6.45, 7) is 5.44. The number of rotatable bonds is 4. The molecule has 25 heavy (non-hydrogen) atoms. The van der Waals surface area contributed by atoms with E-state index in [1.807, 2.05) is 37.4 Å². The van der Waals surface area contributed by atoms with Crippen LogP contribution in [0.4, 0.5) is 0 Å². The summed E-state index contributed by atoms with van der Waals surface area (Å²) < 4.78 is 6.08. The number of likely N-dealkylation sites (tertiary alicyclic amines) is 2. The summed E-state index contributed by atoms with van der Waals surface area (Å²) in [4.78, 5) is 9.25. The highest BCUT2D eigenvalue weighted by Gasteiger charge is 2.24. The van der Waals surface area contributed by atoms with Crippen molar-refractivity contribution in [2.24, 2.45) is 10.9 Å². The van der Waals surface area contributed by atoms with Gasteiger partial charge in [-0.25, -0.2) is 0 Å². The molecular formula is C19H31IN4O. The SMILES string of the molecule is CN=C(NCC1CCN(C)C1)N1CCC(Oc2ccccc2)CC1.I. The zero-order valence-electron chi connectivity index (χ0n) is 15.4. The van der Waals surface area contributed by atoms with Crippen molar-refractivity contribution in [2.45, 2.75) is 25.4 Å². The Balaban J connectivity index is 0.00000225. The fourth-order valence-electron chi connectivity index (χ4n) is 3.64. The van der Waals surface area contributed by atoms with Crippen LogP contribution in [-0.2, 0) is 0 Å². The molecule has 0 amide bonds. The van der Waals surface area contributed by atoms with Crippen molar-refractivity contribution in [3.05, 3.63) is 30.3 Å². The van der Waals surface area contributed by atoms with Crippen LogP contribution in [0.25, 0.3) is 0 Å². The summed E-state index contributed by atoms with van der Waals surface area (Å²) in [5.41, 5.74) is 0. The van der Waals surface area contributed by atoms with Gasteiger partial charge < -0.3 is 19.9 Å². The highest BCUT2D eigenvalue weighted by atomic mass is 127. The zero-order chi connectivity index (χ0) is 16.8. The van der Waals surface area contributed by atoms with Gasteiger partial charge in [-0.05, 0) is 38.1 Å². The van der Waals surface area contributed by atoms with Gasteiger partial charge in [-0.15, -0.1) is 24.0 Å². The van der Waals surface area contributed by atoms with Crippen molar-refractivity contribution < 1.29 is 4.74 Å². The first-order valence-corrected chi connectivity index (χ1v) is 9.10. The molecule has 6 heteroatoms. The van der Waals surface area contributed by atoms with Gasteiger partial charge in [0.25, 0.3) is 0 Å². The summed E-state index contributed by atoms with van der Waals surface area (Å²) >= 11 is 0. The molecule has 0 bridgehead atoms. The summed E-state index contributed by atoms with van der Waals surface area (Å²) in [5, 5.41) is 3.57. The monoisotopic (exact) mass is 458 g/mol. The fourth-order valence-corrected chi connectivity index (χ4v) is 3.64. The number of piperidine rings is 1. The molecular weight excluding hydrogens is 427 g/mol. The normalized spacial score (nSPS) is 22.6. The van der Waals surface area contributed by atoms with Crippen molar-refractivity contribution in [1.29, 1.82) is 0 Å². The summed E-state index contributed by atoms with van der Waals surface area (Å²) in [7, 11) is 4.09. The first-order chi connectivity index (χ1) is 11.7. The number of halogens is 1. The van der Waals surface area contributed by atoms with E-state index < -0.39 is 0 Å². The lowest BCUT2D eigenvalue weighted by molar-refractivity contribution is 0.129. The molecule has 1 N–H and O–H groups in total. The molecule has 2 aliphatic rings. The molecule has 140 valence electrons. The minimum Gasteiger partial charge on any atom is -0.490 e. The summed E-state index contributed by atoms with van der Waals surface area (Å²) in [5.74, 6) is 2.76. The van der Waals surface area contributed by atoms with Gasteiger partial charge in [0.05, 0.1) is 0 Å². The Hall–Kier alpha value is -1.02. The smallest absolute Gasteiger partial charge is 0.193 e. The van der Waals surface area contributed by atoms with Gasteiger partial charge in [0.1, 0.15) is 11.9 Å². The highest BCUT2D eigenvalue weighted by Crippen LogP contribution is 2.19. The van der Waals surface area contributed by atoms with Crippen LogP contribution in [0.1, 0.15) is 19.3 Å². The Labute approximate surface area is 168 Å². The van der Waals surface area contributed by atoms with E-state index in [-0.39, 0.29) is 24.0 Å². The molecule has 1 aromatic carbocycles. The third kappa shape index (κ3) is 6.02. The van der Waals surface area contributed by atoms with Gasteiger partial charge in [-0.2, -0.15) is 0 Å². The lowest BCUT2D eigenvalue weighted by atomic mass is 10.1. The molecule has 2 aliphatic heterocycles. The van der Waals surface area contributed by atoms with E-state index in [0.717, 1.165) is 50.1 Å². The van der Waals surface area contributed by atoms with Gasteiger partial charge in [0, 0.05) is 46.1 Å². The predicted molar refractivity (Wildman–Crippen MR) is 114 cm³/mol. The minimum absolute atomic E-state index is 0. The van der Waals surface area contributed by atoms with Crippen LogP contribution in [0.15, 0.2) is 35.3 Å². The number of guanidine groups is 1. The third-order valence-corrected chi connectivity index (χ3v) is 5.04. The Morgan fingerprint density at radius 1 is 1.16 bits per heavy atom. The molecule has 5 nitrogen and oxygen atoms in total. The number of aliphatic imine (C=N–C) groups is 1. The molecule has 0 aromatic heterocycles. The zero-order valence-corrected chi connectivity index (χ0v) is 17.7. The Morgan fingerprint density at radius 2 is 1.88 bits per heavy atom. The van der Waals surface area contributed by atoms with Crippen LogP contribution in [0.2, 0.25) is 0 Å². The van der Waals surface area contributed by atoms with Crippen LogP contribution >= 0.6 is 24.0 Å². The molecule has 1 aromatic rings. The van der Waals surface area contributed by atoms with Crippen LogP contribution < -0.4 is 10.1 Å². The standard InChI is InChI=1S/C19H30N4O.HI/c1-20-19(21-14-16-8-11-22(2)15-16)23-12-9-18(10-13-23)24-17-6-4-3-5-7-17;/h3-7,16,18H,8-15H2,1-2H3,(H,20,21);1H. The molecule has 2 saturated heterocycles. The Morgan fingerprint density at radius 3 is 2.48 bits per heavy atom. The molecule has 1 unspecified atom stereocenters. The quantitative estimate of drug-likeness (QED) is 0.428. The first-order valence-electron chi connectivity index (χ1n) is 9.10. The minimum atomic E-state index is 0. The third-order valence-electron chi connectivity index (χ3n) is 5.04. The predicted octanol–water partition coefficient (Wildman–Crippen LogP) is 2.67.